The monoisotopic (exact) mass is 286 g/mol. The van der Waals surface area contributed by atoms with Crippen LogP contribution in [0.15, 0.2) is 18.2 Å². The van der Waals surface area contributed by atoms with E-state index in [0.717, 1.165) is 12.8 Å². The van der Waals surface area contributed by atoms with Crippen LogP contribution in [0.1, 0.15) is 12.8 Å². The van der Waals surface area contributed by atoms with E-state index in [1.807, 2.05) is 0 Å². The van der Waals surface area contributed by atoms with Crippen molar-refractivity contribution in [1.82, 2.24) is 5.32 Å². The number of ether oxygens (including phenoxy) is 2. The van der Waals surface area contributed by atoms with E-state index in [4.69, 9.17) is 4.74 Å². The largest absolute Gasteiger partial charge is 0.497 e. The fourth-order valence-corrected chi connectivity index (χ4v) is 1.65. The van der Waals surface area contributed by atoms with Crippen LogP contribution in [-0.4, -0.2) is 32.2 Å². The van der Waals surface area contributed by atoms with Gasteiger partial charge in [-0.05, 0) is 25.0 Å². The molecule has 5 nitrogen and oxygen atoms in total. The zero-order valence-electron chi connectivity index (χ0n) is 11.0. The molecule has 1 aliphatic carbocycles. The van der Waals surface area contributed by atoms with Gasteiger partial charge in [-0.3, -0.25) is 4.79 Å². The summed E-state index contributed by atoms with van der Waals surface area (Å²) >= 11 is 0. The molecule has 0 radical (unpaired) electrons. The predicted octanol–water partition coefficient (Wildman–Crippen LogP) is 1.99. The van der Waals surface area contributed by atoms with E-state index < -0.39 is 6.61 Å². The first kappa shape index (κ1) is 14.5. The summed E-state index contributed by atoms with van der Waals surface area (Å²) in [6.07, 6.45) is 2.12. The minimum absolute atomic E-state index is 0.0967. The van der Waals surface area contributed by atoms with Gasteiger partial charge in [0.1, 0.15) is 11.5 Å². The van der Waals surface area contributed by atoms with Crippen molar-refractivity contribution < 1.29 is 23.0 Å². The van der Waals surface area contributed by atoms with E-state index in [1.54, 1.807) is 0 Å². The second kappa shape index (κ2) is 6.51. The van der Waals surface area contributed by atoms with Gasteiger partial charge >= 0.3 is 6.61 Å². The molecule has 0 aromatic heterocycles. The van der Waals surface area contributed by atoms with Crippen molar-refractivity contribution in [3.63, 3.8) is 0 Å². The van der Waals surface area contributed by atoms with Gasteiger partial charge in [0, 0.05) is 12.1 Å². The van der Waals surface area contributed by atoms with Gasteiger partial charge in [-0.15, -0.1) is 0 Å². The van der Waals surface area contributed by atoms with E-state index in [1.165, 1.54) is 25.3 Å². The number of rotatable bonds is 7. The lowest BCUT2D eigenvalue weighted by molar-refractivity contribution is -0.115. The molecule has 0 aliphatic heterocycles. The SMILES string of the molecule is COc1ccc(OC(F)F)c(NC(=O)CNC2CC2)c1. The molecule has 1 fully saturated rings. The number of anilines is 1. The van der Waals surface area contributed by atoms with Gasteiger partial charge in [0.15, 0.2) is 0 Å². The third-order valence-corrected chi connectivity index (χ3v) is 2.81. The molecule has 20 heavy (non-hydrogen) atoms. The highest BCUT2D eigenvalue weighted by molar-refractivity contribution is 5.94. The molecule has 110 valence electrons. The third kappa shape index (κ3) is 4.34. The summed E-state index contributed by atoms with van der Waals surface area (Å²) in [5.74, 6) is 0.0295. The molecule has 7 heteroatoms. The van der Waals surface area contributed by atoms with Crippen molar-refractivity contribution in [1.29, 1.82) is 0 Å². The van der Waals surface area contributed by atoms with Crippen LogP contribution in [0.3, 0.4) is 0 Å². The Morgan fingerprint density at radius 3 is 2.80 bits per heavy atom. The van der Waals surface area contributed by atoms with Crippen LogP contribution in [0.5, 0.6) is 11.5 Å². The van der Waals surface area contributed by atoms with Gasteiger partial charge in [0.2, 0.25) is 5.91 Å². The highest BCUT2D eigenvalue weighted by Gasteiger charge is 2.21. The summed E-state index contributed by atoms with van der Waals surface area (Å²) in [7, 11) is 1.45. The molecule has 2 rings (SSSR count). The lowest BCUT2D eigenvalue weighted by Gasteiger charge is -2.13. The quantitative estimate of drug-likeness (QED) is 0.804. The molecule has 1 amide bonds. The number of halogens is 2. The molecule has 2 N–H and O–H groups in total. The van der Waals surface area contributed by atoms with Gasteiger partial charge in [0.05, 0.1) is 19.3 Å². The molecular formula is C13H16F2N2O3. The summed E-state index contributed by atoms with van der Waals surface area (Å²) in [4.78, 5) is 11.7. The maximum absolute atomic E-state index is 12.3. The average molecular weight is 286 g/mol. The molecule has 1 aliphatic rings. The highest BCUT2D eigenvalue weighted by Crippen LogP contribution is 2.30. The maximum Gasteiger partial charge on any atom is 0.387 e. The molecule has 0 bridgehead atoms. The Morgan fingerprint density at radius 2 is 2.20 bits per heavy atom. The van der Waals surface area contributed by atoms with E-state index in [9.17, 15) is 13.6 Å². The van der Waals surface area contributed by atoms with E-state index in [-0.39, 0.29) is 23.9 Å². The Hall–Kier alpha value is -1.89. The summed E-state index contributed by atoms with van der Waals surface area (Å²) in [5.41, 5.74) is 0.159. The number of hydrogen-bond acceptors (Lipinski definition) is 4. The Balaban J connectivity index is 2.03. The first-order valence-corrected chi connectivity index (χ1v) is 6.24. The molecule has 1 aromatic rings. The zero-order valence-corrected chi connectivity index (χ0v) is 11.0. The maximum atomic E-state index is 12.3. The van der Waals surface area contributed by atoms with Gasteiger partial charge in [0.25, 0.3) is 0 Å². The fraction of sp³-hybridized carbons (Fsp3) is 0.462. The normalized spacial score (nSPS) is 14.2. The van der Waals surface area contributed by atoms with Crippen LogP contribution in [0, 0.1) is 0 Å². The minimum atomic E-state index is -2.95. The van der Waals surface area contributed by atoms with Crippen molar-refractivity contribution in [2.24, 2.45) is 0 Å². The Kier molecular flexibility index (Phi) is 4.73. The second-order valence-electron chi connectivity index (χ2n) is 4.44. The first-order valence-electron chi connectivity index (χ1n) is 6.24. The van der Waals surface area contributed by atoms with Crippen LogP contribution >= 0.6 is 0 Å². The highest BCUT2D eigenvalue weighted by atomic mass is 19.3. The first-order chi connectivity index (χ1) is 9.58. The summed E-state index contributed by atoms with van der Waals surface area (Å²) < 4.78 is 34.0. The molecular weight excluding hydrogens is 270 g/mol. The number of methoxy groups -OCH3 is 1. The standard InChI is InChI=1S/C13H16F2N2O3/c1-19-9-4-5-11(20-13(14)15)10(6-9)17-12(18)7-16-8-2-3-8/h4-6,8,13,16H,2-3,7H2,1H3,(H,17,18). The molecule has 0 heterocycles. The number of amides is 1. The lowest BCUT2D eigenvalue weighted by atomic mass is 10.2. The fourth-order valence-electron chi connectivity index (χ4n) is 1.65. The summed E-state index contributed by atoms with van der Waals surface area (Å²) in [6.45, 7) is -2.82. The molecule has 0 saturated heterocycles. The molecule has 1 aromatic carbocycles. The molecule has 1 saturated carbocycles. The van der Waals surface area contributed by atoms with Crippen molar-refractivity contribution in [2.75, 3.05) is 19.0 Å². The number of carbonyl (C=O) groups excluding carboxylic acids is 1. The van der Waals surface area contributed by atoms with Crippen LogP contribution in [0.2, 0.25) is 0 Å². The van der Waals surface area contributed by atoms with Crippen LogP contribution in [0.25, 0.3) is 0 Å². The zero-order chi connectivity index (χ0) is 14.5. The number of hydrogen-bond donors (Lipinski definition) is 2. The minimum Gasteiger partial charge on any atom is -0.497 e. The van der Waals surface area contributed by atoms with Crippen molar-refractivity contribution in [2.45, 2.75) is 25.5 Å². The number of alkyl halides is 2. The Bertz CT molecular complexity index is 479. The van der Waals surface area contributed by atoms with E-state index >= 15 is 0 Å². The predicted molar refractivity (Wildman–Crippen MR) is 69.3 cm³/mol. The lowest BCUT2D eigenvalue weighted by Crippen LogP contribution is -2.29. The van der Waals surface area contributed by atoms with Crippen molar-refractivity contribution >= 4 is 11.6 Å². The average Bonchev–Trinajstić information content (AvgIpc) is 3.22. The topological polar surface area (TPSA) is 59.6 Å². The third-order valence-electron chi connectivity index (χ3n) is 2.81. The second-order valence-corrected chi connectivity index (χ2v) is 4.44. The Morgan fingerprint density at radius 1 is 1.45 bits per heavy atom. The molecule has 0 atom stereocenters. The van der Waals surface area contributed by atoms with Crippen LogP contribution < -0.4 is 20.1 Å². The van der Waals surface area contributed by atoms with Crippen molar-refractivity contribution in [3.8, 4) is 11.5 Å². The number of nitrogens with one attached hydrogen (secondary N) is 2. The van der Waals surface area contributed by atoms with Gasteiger partial charge < -0.3 is 20.1 Å². The van der Waals surface area contributed by atoms with Crippen LogP contribution in [0.4, 0.5) is 14.5 Å². The molecule has 0 spiro atoms. The van der Waals surface area contributed by atoms with E-state index in [0.29, 0.717) is 11.8 Å². The summed E-state index contributed by atoms with van der Waals surface area (Å²) in [6, 6.07) is 4.64. The smallest absolute Gasteiger partial charge is 0.387 e. The van der Waals surface area contributed by atoms with Crippen LogP contribution in [-0.2, 0) is 4.79 Å². The van der Waals surface area contributed by atoms with Gasteiger partial charge in [-0.1, -0.05) is 0 Å². The Labute approximate surface area is 115 Å². The number of carbonyl (C=O) groups is 1. The van der Waals surface area contributed by atoms with Crippen molar-refractivity contribution in [3.05, 3.63) is 18.2 Å². The number of benzene rings is 1. The van der Waals surface area contributed by atoms with Gasteiger partial charge in [-0.2, -0.15) is 8.78 Å². The van der Waals surface area contributed by atoms with E-state index in [2.05, 4.69) is 15.4 Å². The molecule has 0 unspecified atom stereocenters. The summed E-state index contributed by atoms with van der Waals surface area (Å²) in [5, 5.41) is 5.57. The van der Waals surface area contributed by atoms with Gasteiger partial charge in [-0.25, -0.2) is 0 Å².